The number of anilines is 2. The van der Waals surface area contributed by atoms with Gasteiger partial charge in [0, 0.05) is 36.7 Å². The van der Waals surface area contributed by atoms with Crippen molar-refractivity contribution in [2.45, 2.75) is 26.8 Å². The molecule has 0 saturated heterocycles. The number of nitrogens with one attached hydrogen (secondary N) is 2. The van der Waals surface area contributed by atoms with Gasteiger partial charge in [-0.05, 0) is 49.2 Å². The number of hydrogen-bond donors (Lipinski definition) is 2. The first-order chi connectivity index (χ1) is 9.56. The monoisotopic (exact) mass is 269 g/mol. The third-order valence-electron chi connectivity index (χ3n) is 3.14. The molecule has 1 unspecified atom stereocenters. The number of amides is 1. The van der Waals surface area contributed by atoms with Crippen molar-refractivity contribution in [3.05, 3.63) is 53.9 Å². The molecule has 20 heavy (non-hydrogen) atoms. The van der Waals surface area contributed by atoms with Crippen LogP contribution in [0.3, 0.4) is 0 Å². The number of aromatic nitrogens is 1. The number of nitrogens with zero attached hydrogens (tertiary/aromatic N) is 1. The predicted molar refractivity (Wildman–Crippen MR) is 81.8 cm³/mol. The minimum absolute atomic E-state index is 0.0676. The van der Waals surface area contributed by atoms with Gasteiger partial charge < -0.3 is 10.6 Å². The lowest BCUT2D eigenvalue weighted by Crippen LogP contribution is -2.10. The zero-order chi connectivity index (χ0) is 14.5. The lowest BCUT2D eigenvalue weighted by molar-refractivity contribution is -0.114. The highest BCUT2D eigenvalue weighted by molar-refractivity contribution is 5.89. The van der Waals surface area contributed by atoms with Gasteiger partial charge in [-0.1, -0.05) is 6.07 Å². The van der Waals surface area contributed by atoms with Crippen LogP contribution in [0.15, 0.2) is 42.7 Å². The van der Waals surface area contributed by atoms with Crippen molar-refractivity contribution in [3.8, 4) is 0 Å². The van der Waals surface area contributed by atoms with Gasteiger partial charge in [0.1, 0.15) is 0 Å². The van der Waals surface area contributed by atoms with Crippen molar-refractivity contribution in [2.24, 2.45) is 0 Å². The Balaban J connectivity index is 2.18. The molecule has 2 rings (SSSR count). The SMILES string of the molecule is CC(=O)Nc1ccc(C)c(NC(C)c2ccncc2)c1. The van der Waals surface area contributed by atoms with Crippen LogP contribution in [-0.4, -0.2) is 10.9 Å². The van der Waals surface area contributed by atoms with Gasteiger partial charge in [-0.25, -0.2) is 0 Å². The Morgan fingerprint density at radius 2 is 1.90 bits per heavy atom. The van der Waals surface area contributed by atoms with E-state index in [4.69, 9.17) is 0 Å². The zero-order valence-corrected chi connectivity index (χ0v) is 12.0. The minimum Gasteiger partial charge on any atom is -0.378 e. The largest absolute Gasteiger partial charge is 0.378 e. The number of carbonyl (C=O) groups excluding carboxylic acids is 1. The molecule has 0 aliphatic rings. The maximum Gasteiger partial charge on any atom is 0.221 e. The van der Waals surface area contributed by atoms with Crippen LogP contribution in [-0.2, 0) is 4.79 Å². The van der Waals surface area contributed by atoms with Crippen molar-refractivity contribution in [1.82, 2.24) is 4.98 Å². The molecule has 0 bridgehead atoms. The summed E-state index contributed by atoms with van der Waals surface area (Å²) in [5.74, 6) is -0.0676. The summed E-state index contributed by atoms with van der Waals surface area (Å²) in [7, 11) is 0. The average Bonchev–Trinajstić information content (AvgIpc) is 2.43. The molecule has 4 heteroatoms. The molecule has 4 nitrogen and oxygen atoms in total. The number of rotatable bonds is 4. The molecule has 2 N–H and O–H groups in total. The standard InChI is InChI=1S/C16H19N3O/c1-11-4-5-15(19-13(3)20)10-16(11)18-12(2)14-6-8-17-9-7-14/h4-10,12,18H,1-3H3,(H,19,20). The Morgan fingerprint density at radius 3 is 2.55 bits per heavy atom. The molecule has 1 amide bonds. The van der Waals surface area contributed by atoms with Crippen LogP contribution >= 0.6 is 0 Å². The van der Waals surface area contributed by atoms with Gasteiger partial charge in [-0.3, -0.25) is 9.78 Å². The maximum absolute atomic E-state index is 11.1. The summed E-state index contributed by atoms with van der Waals surface area (Å²) in [6.45, 7) is 5.64. The number of pyridine rings is 1. The molecule has 1 heterocycles. The van der Waals surface area contributed by atoms with Crippen molar-refractivity contribution in [1.29, 1.82) is 0 Å². The van der Waals surface area contributed by atoms with Crippen LogP contribution in [0.5, 0.6) is 0 Å². The van der Waals surface area contributed by atoms with E-state index in [0.717, 1.165) is 16.9 Å². The summed E-state index contributed by atoms with van der Waals surface area (Å²) >= 11 is 0. The number of benzene rings is 1. The van der Waals surface area contributed by atoms with E-state index in [1.165, 1.54) is 12.5 Å². The number of carbonyl (C=O) groups is 1. The van der Waals surface area contributed by atoms with Crippen molar-refractivity contribution >= 4 is 17.3 Å². The Morgan fingerprint density at radius 1 is 1.20 bits per heavy atom. The van der Waals surface area contributed by atoms with Gasteiger partial charge >= 0.3 is 0 Å². The lowest BCUT2D eigenvalue weighted by atomic mass is 10.1. The second kappa shape index (κ2) is 6.19. The number of hydrogen-bond acceptors (Lipinski definition) is 3. The van der Waals surface area contributed by atoms with Gasteiger partial charge in [-0.2, -0.15) is 0 Å². The fraction of sp³-hybridized carbons (Fsp3) is 0.250. The summed E-state index contributed by atoms with van der Waals surface area (Å²) in [5.41, 5.74) is 4.12. The Labute approximate surface area is 119 Å². The molecule has 0 saturated carbocycles. The third-order valence-corrected chi connectivity index (χ3v) is 3.14. The van der Waals surface area contributed by atoms with Gasteiger partial charge in [0.05, 0.1) is 0 Å². The van der Waals surface area contributed by atoms with E-state index in [0.29, 0.717) is 0 Å². The predicted octanol–water partition coefficient (Wildman–Crippen LogP) is 3.52. The molecule has 0 spiro atoms. The smallest absolute Gasteiger partial charge is 0.221 e. The summed E-state index contributed by atoms with van der Waals surface area (Å²) in [6.07, 6.45) is 3.57. The van der Waals surface area contributed by atoms with Gasteiger partial charge in [-0.15, -0.1) is 0 Å². The van der Waals surface area contributed by atoms with E-state index in [1.54, 1.807) is 12.4 Å². The van der Waals surface area contributed by atoms with E-state index >= 15 is 0 Å². The molecule has 1 aromatic carbocycles. The summed E-state index contributed by atoms with van der Waals surface area (Å²) in [4.78, 5) is 15.1. The highest BCUT2D eigenvalue weighted by atomic mass is 16.1. The molecule has 0 fully saturated rings. The fourth-order valence-corrected chi connectivity index (χ4v) is 2.03. The van der Waals surface area contributed by atoms with E-state index in [1.807, 2.05) is 37.3 Å². The van der Waals surface area contributed by atoms with Crippen LogP contribution in [0.2, 0.25) is 0 Å². The molecule has 0 radical (unpaired) electrons. The van der Waals surface area contributed by atoms with Crippen molar-refractivity contribution in [2.75, 3.05) is 10.6 Å². The van der Waals surface area contributed by atoms with E-state index in [-0.39, 0.29) is 11.9 Å². The van der Waals surface area contributed by atoms with Crippen LogP contribution in [0, 0.1) is 6.92 Å². The second-order valence-electron chi connectivity index (χ2n) is 4.86. The first kappa shape index (κ1) is 14.1. The molecule has 0 aliphatic carbocycles. The van der Waals surface area contributed by atoms with Gasteiger partial charge in [0.15, 0.2) is 0 Å². The molecule has 104 valence electrons. The highest BCUT2D eigenvalue weighted by Crippen LogP contribution is 2.25. The molecule has 1 atom stereocenters. The molecule has 1 aromatic heterocycles. The van der Waals surface area contributed by atoms with E-state index in [9.17, 15) is 4.79 Å². The van der Waals surface area contributed by atoms with E-state index < -0.39 is 0 Å². The highest BCUT2D eigenvalue weighted by Gasteiger charge is 2.07. The molecular formula is C16H19N3O. The Kier molecular flexibility index (Phi) is 4.35. The van der Waals surface area contributed by atoms with Crippen molar-refractivity contribution < 1.29 is 4.79 Å². The summed E-state index contributed by atoms with van der Waals surface area (Å²) < 4.78 is 0. The van der Waals surface area contributed by atoms with Gasteiger partial charge in [0.25, 0.3) is 0 Å². The first-order valence-electron chi connectivity index (χ1n) is 6.61. The third kappa shape index (κ3) is 3.57. The number of aryl methyl sites for hydroxylation is 1. The van der Waals surface area contributed by atoms with Crippen LogP contribution in [0.25, 0.3) is 0 Å². The normalized spacial score (nSPS) is 11.8. The fourth-order valence-electron chi connectivity index (χ4n) is 2.03. The average molecular weight is 269 g/mol. The Hall–Kier alpha value is -2.36. The zero-order valence-electron chi connectivity index (χ0n) is 12.0. The topological polar surface area (TPSA) is 54.0 Å². The van der Waals surface area contributed by atoms with Crippen LogP contribution in [0.4, 0.5) is 11.4 Å². The van der Waals surface area contributed by atoms with Gasteiger partial charge in [0.2, 0.25) is 5.91 Å². The second-order valence-corrected chi connectivity index (χ2v) is 4.86. The van der Waals surface area contributed by atoms with E-state index in [2.05, 4.69) is 22.5 Å². The lowest BCUT2D eigenvalue weighted by Gasteiger charge is -2.18. The first-order valence-corrected chi connectivity index (χ1v) is 6.61. The quantitative estimate of drug-likeness (QED) is 0.893. The van der Waals surface area contributed by atoms with Crippen LogP contribution < -0.4 is 10.6 Å². The summed E-state index contributed by atoms with van der Waals surface area (Å²) in [5, 5.41) is 6.26. The maximum atomic E-state index is 11.1. The summed E-state index contributed by atoms with van der Waals surface area (Å²) in [6, 6.07) is 10.00. The minimum atomic E-state index is -0.0676. The Bertz CT molecular complexity index is 596. The molecule has 0 aliphatic heterocycles. The van der Waals surface area contributed by atoms with Crippen LogP contribution in [0.1, 0.15) is 31.0 Å². The molecular weight excluding hydrogens is 250 g/mol. The molecule has 2 aromatic rings. The van der Waals surface area contributed by atoms with Crippen molar-refractivity contribution in [3.63, 3.8) is 0 Å².